The monoisotopic (exact) mass is 669 g/mol. The highest BCUT2D eigenvalue weighted by Crippen LogP contribution is 2.46. The van der Waals surface area contributed by atoms with Crippen molar-refractivity contribution in [3.63, 3.8) is 0 Å². The number of nitrogens with two attached hydrogens (primary N) is 2. The zero-order chi connectivity index (χ0) is 35.6. The highest BCUT2D eigenvalue weighted by atomic mass is 16.5. The second kappa shape index (κ2) is 14.1. The lowest BCUT2D eigenvalue weighted by atomic mass is 9.83. The number of benzene rings is 3. The number of carbonyl (C=O) groups excluding carboxylic acids is 5. The normalized spacial score (nSPS) is 14.5. The van der Waals surface area contributed by atoms with Crippen LogP contribution in [0.25, 0.3) is 10.8 Å². The summed E-state index contributed by atoms with van der Waals surface area (Å²) < 4.78 is 5.69. The molecule has 1 atom stereocenters. The lowest BCUT2D eigenvalue weighted by Crippen LogP contribution is -2.80. The van der Waals surface area contributed by atoms with E-state index in [2.05, 4.69) is 22.4 Å². The molecule has 0 aliphatic carbocycles. The Morgan fingerprint density at radius 2 is 1.65 bits per heavy atom. The van der Waals surface area contributed by atoms with E-state index in [0.29, 0.717) is 11.3 Å². The molecule has 3 aromatic carbocycles. The molecule has 14 heteroatoms. The second-order valence-corrected chi connectivity index (χ2v) is 12.2. The van der Waals surface area contributed by atoms with Crippen LogP contribution in [0.3, 0.4) is 0 Å². The van der Waals surface area contributed by atoms with Crippen molar-refractivity contribution in [1.29, 1.82) is 0 Å². The van der Waals surface area contributed by atoms with Crippen LogP contribution >= 0.6 is 0 Å². The van der Waals surface area contributed by atoms with Crippen LogP contribution in [-0.4, -0.2) is 80.9 Å². The van der Waals surface area contributed by atoms with Gasteiger partial charge in [0, 0.05) is 31.4 Å². The molecule has 0 saturated heterocycles. The number of nitrogens with one attached hydrogen (secondary N) is 2. The molecule has 0 aromatic heterocycles. The van der Waals surface area contributed by atoms with Gasteiger partial charge in [0.15, 0.2) is 0 Å². The average molecular weight is 670 g/mol. The number of carbonyl (C=O) groups is 5. The lowest BCUT2D eigenvalue weighted by molar-refractivity contribution is -0.446. The van der Waals surface area contributed by atoms with Crippen LogP contribution in [0.2, 0.25) is 0 Å². The maximum Gasteiger partial charge on any atom is 0.339 e. The van der Waals surface area contributed by atoms with Crippen molar-refractivity contribution >= 4 is 63.9 Å². The zero-order valence-corrected chi connectivity index (χ0v) is 28.3. The number of rotatable bonds is 13. The molecule has 0 bridgehead atoms. The van der Waals surface area contributed by atoms with Gasteiger partial charge >= 0.3 is 5.96 Å². The number of amides is 5. The lowest BCUT2D eigenvalue weighted by Gasteiger charge is -2.35. The molecule has 0 spiro atoms. The Morgan fingerprint density at radius 1 is 0.980 bits per heavy atom. The number of anilines is 2. The van der Waals surface area contributed by atoms with E-state index in [1.165, 1.54) is 24.3 Å². The van der Waals surface area contributed by atoms with E-state index in [9.17, 15) is 24.0 Å². The number of imide groups is 2. The summed E-state index contributed by atoms with van der Waals surface area (Å²) in [4.78, 5) is 75.1. The molecule has 0 saturated carbocycles. The van der Waals surface area contributed by atoms with Gasteiger partial charge in [-0.3, -0.25) is 45.3 Å². The molecule has 2 aliphatic heterocycles. The highest BCUT2D eigenvalue weighted by molar-refractivity contribution is 6.41. The minimum Gasteiger partial charge on any atom is -0.496 e. The fraction of sp³-hybridized carbons (Fsp3) is 0.343. The number of unbranched alkanes of at least 4 members (excludes halogenated alkanes) is 1. The van der Waals surface area contributed by atoms with Crippen molar-refractivity contribution in [1.82, 2.24) is 10.3 Å². The first-order valence-corrected chi connectivity index (χ1v) is 16.1. The van der Waals surface area contributed by atoms with E-state index in [1.807, 2.05) is 6.92 Å². The minimum absolute atomic E-state index is 0.0949. The van der Waals surface area contributed by atoms with Crippen molar-refractivity contribution in [2.75, 3.05) is 44.1 Å². The fourth-order valence-electron chi connectivity index (χ4n) is 6.26. The molecule has 2 heterocycles. The zero-order valence-electron chi connectivity index (χ0n) is 28.3. The van der Waals surface area contributed by atoms with Crippen LogP contribution in [0.4, 0.5) is 11.4 Å². The molecular weight excluding hydrogens is 628 g/mol. The molecule has 14 nitrogen and oxygen atoms in total. The molecule has 256 valence electrons. The van der Waals surface area contributed by atoms with E-state index < -0.39 is 29.5 Å². The highest BCUT2D eigenvalue weighted by Gasteiger charge is 2.44. The predicted octanol–water partition coefficient (Wildman–Crippen LogP) is 1.33. The number of ether oxygens (including phenoxy) is 1. The third kappa shape index (κ3) is 6.41. The summed E-state index contributed by atoms with van der Waals surface area (Å²) in [5.41, 5.74) is 14.9. The Kier molecular flexibility index (Phi) is 9.97. The maximum absolute atomic E-state index is 14.3. The molecule has 1 unspecified atom stereocenters. The summed E-state index contributed by atoms with van der Waals surface area (Å²) >= 11 is 0. The van der Waals surface area contributed by atoms with E-state index >= 15 is 0 Å². The summed E-state index contributed by atoms with van der Waals surface area (Å²) in [7, 11) is 4.91. The molecule has 5 amide bonds. The quantitative estimate of drug-likeness (QED) is 0.0899. The Hall–Kier alpha value is -5.79. The number of hydrogen-bond acceptors (Lipinski definition) is 8. The van der Waals surface area contributed by atoms with Crippen LogP contribution < -0.4 is 36.4 Å². The molecule has 0 fully saturated rings. The fourth-order valence-corrected chi connectivity index (χ4v) is 6.26. The van der Waals surface area contributed by atoms with Gasteiger partial charge in [-0.05, 0) is 42.2 Å². The molecular formula is C35H41N8O6+. The maximum atomic E-state index is 14.3. The van der Waals surface area contributed by atoms with Crippen molar-refractivity contribution in [3.8, 4) is 5.75 Å². The number of nitrogens with zero attached hydrogens (tertiary/aromatic N) is 4. The molecule has 5 rings (SSSR count). The van der Waals surface area contributed by atoms with Gasteiger partial charge in [0.25, 0.3) is 29.5 Å². The number of guanidine groups is 1. The summed E-state index contributed by atoms with van der Waals surface area (Å²) in [6.45, 7) is 4.25. The van der Waals surface area contributed by atoms with Gasteiger partial charge in [-0.1, -0.05) is 45.2 Å². The van der Waals surface area contributed by atoms with Crippen molar-refractivity contribution in [2.24, 2.45) is 22.5 Å². The van der Waals surface area contributed by atoms with Gasteiger partial charge in [-0.15, -0.1) is 0 Å². The third-order valence-electron chi connectivity index (χ3n) is 8.83. The second-order valence-electron chi connectivity index (χ2n) is 12.2. The van der Waals surface area contributed by atoms with E-state index in [4.69, 9.17) is 16.2 Å². The van der Waals surface area contributed by atoms with Crippen LogP contribution in [0.15, 0.2) is 41.5 Å². The van der Waals surface area contributed by atoms with E-state index in [1.54, 1.807) is 49.3 Å². The van der Waals surface area contributed by atoms with Crippen molar-refractivity contribution in [2.45, 2.75) is 39.5 Å². The van der Waals surface area contributed by atoms with Gasteiger partial charge in [-0.25, -0.2) is 10.3 Å². The predicted molar refractivity (Wildman–Crippen MR) is 186 cm³/mol. The van der Waals surface area contributed by atoms with Gasteiger partial charge in [0.2, 0.25) is 0 Å². The summed E-state index contributed by atoms with van der Waals surface area (Å²) in [6.07, 6.45) is 5.08. The van der Waals surface area contributed by atoms with E-state index in [-0.39, 0.29) is 69.4 Å². The van der Waals surface area contributed by atoms with Gasteiger partial charge in [0.05, 0.1) is 47.0 Å². The molecule has 3 aromatic rings. The Bertz CT molecular complexity index is 1910. The first-order valence-electron chi connectivity index (χ1n) is 16.1. The Morgan fingerprint density at radius 3 is 2.27 bits per heavy atom. The first-order chi connectivity index (χ1) is 23.4. The van der Waals surface area contributed by atoms with Gasteiger partial charge in [-0.2, -0.15) is 5.10 Å². The number of hydrogen-bond donors (Lipinski definition) is 4. The van der Waals surface area contributed by atoms with Crippen LogP contribution in [0.1, 0.15) is 86.5 Å². The SMILES string of the molecule is CCCCC(CC)CN1C(=O)c2cc(N(C)C)c3c4c(cc(OC)c(c24)C1=O)C(=O)N(c1ccc(/C=N\NC(=O)C[NH+]=C(N)N)cc1)C3=O. The summed E-state index contributed by atoms with van der Waals surface area (Å²) in [5.74, 6) is -2.49. The average Bonchev–Trinajstić information content (AvgIpc) is 3.08. The van der Waals surface area contributed by atoms with Crippen LogP contribution in [0.5, 0.6) is 5.75 Å². The Labute approximate surface area is 283 Å². The molecule has 0 radical (unpaired) electrons. The molecule has 2 aliphatic rings. The smallest absolute Gasteiger partial charge is 0.339 e. The largest absolute Gasteiger partial charge is 0.496 e. The summed E-state index contributed by atoms with van der Waals surface area (Å²) in [6, 6.07) is 9.55. The standard InChI is InChI=1S/C35H40N8O6/c1-6-8-9-19(7-2)18-42-31(45)22-14-24(41(3)4)29-27-23(15-25(49-5)30(28(22)27)33(42)47)32(46)43(34(29)48)21-12-10-20(11-13-21)16-39-40-26(44)17-38-35(36)37/h10-16,19H,6-9,17-18H2,1-5H3,(H,40,44)(H4,36,37,38)/p+1/b39-16-. The van der Waals surface area contributed by atoms with Gasteiger partial charge < -0.3 is 9.64 Å². The molecule has 49 heavy (non-hydrogen) atoms. The van der Waals surface area contributed by atoms with E-state index in [0.717, 1.165) is 30.6 Å². The Balaban J connectivity index is 1.57. The van der Waals surface area contributed by atoms with Crippen LogP contribution in [-0.2, 0) is 4.79 Å². The summed E-state index contributed by atoms with van der Waals surface area (Å²) in [5, 5.41) is 4.40. The topological polar surface area (TPSA) is 195 Å². The van der Waals surface area contributed by atoms with Crippen molar-refractivity contribution < 1.29 is 33.7 Å². The van der Waals surface area contributed by atoms with Gasteiger partial charge in [0.1, 0.15) is 12.3 Å². The van der Waals surface area contributed by atoms with Crippen molar-refractivity contribution in [3.05, 3.63) is 64.2 Å². The van der Waals surface area contributed by atoms with Crippen LogP contribution in [0, 0.1) is 5.92 Å². The minimum atomic E-state index is -0.630. The first kappa shape index (κ1) is 34.5. The number of hydrazone groups is 1. The third-order valence-corrected chi connectivity index (χ3v) is 8.83. The molecule has 6 N–H and O–H groups in total. The number of methoxy groups -OCH3 is 1.